The van der Waals surface area contributed by atoms with Gasteiger partial charge in [-0.3, -0.25) is 9.97 Å². The molecule has 0 bridgehead atoms. The van der Waals surface area contributed by atoms with Crippen LogP contribution in [0.4, 0.5) is 15.9 Å². The Morgan fingerprint density at radius 3 is 2.79 bits per heavy atom. The molecular formula is C28H27FN8O2. The fourth-order valence-electron chi connectivity index (χ4n) is 5.17. The first-order valence-corrected chi connectivity index (χ1v) is 12.6. The van der Waals surface area contributed by atoms with Crippen LogP contribution in [0.1, 0.15) is 24.1 Å². The summed E-state index contributed by atoms with van der Waals surface area (Å²) in [4.78, 5) is 24.1. The number of anilines is 2. The molecule has 1 atom stereocenters. The van der Waals surface area contributed by atoms with Gasteiger partial charge in [0.2, 0.25) is 0 Å². The monoisotopic (exact) mass is 526 g/mol. The molecule has 1 saturated heterocycles. The first kappa shape index (κ1) is 24.7. The van der Waals surface area contributed by atoms with Gasteiger partial charge in [-0.15, -0.1) is 0 Å². The fourth-order valence-corrected chi connectivity index (χ4v) is 5.17. The van der Waals surface area contributed by atoms with E-state index in [9.17, 15) is 9.50 Å². The SMILES string of the molecule is COc1ccc(-c2cc(Cn3cnc4c(N)ncnc43)c(N3CCCC(O)(c4ccccn4)C3)cn2)cc1F. The molecule has 0 aliphatic carbocycles. The van der Waals surface area contributed by atoms with Crippen molar-refractivity contribution >= 4 is 22.7 Å². The number of imidazole rings is 1. The predicted molar refractivity (Wildman–Crippen MR) is 145 cm³/mol. The van der Waals surface area contributed by atoms with Gasteiger partial charge in [-0.05, 0) is 54.8 Å². The second kappa shape index (κ2) is 9.91. The zero-order valence-corrected chi connectivity index (χ0v) is 21.3. The van der Waals surface area contributed by atoms with Crippen LogP contribution in [0.5, 0.6) is 5.75 Å². The molecule has 3 N–H and O–H groups in total. The van der Waals surface area contributed by atoms with Crippen molar-refractivity contribution in [3.8, 4) is 17.0 Å². The number of methoxy groups -OCH3 is 1. The summed E-state index contributed by atoms with van der Waals surface area (Å²) in [6.07, 6.45) is 7.93. The van der Waals surface area contributed by atoms with E-state index in [0.717, 1.165) is 24.2 Å². The molecule has 0 saturated carbocycles. The number of pyridine rings is 2. The normalized spacial score (nSPS) is 17.5. The Labute approximate surface area is 224 Å². The minimum Gasteiger partial charge on any atom is -0.494 e. The lowest BCUT2D eigenvalue weighted by atomic mass is 9.88. The van der Waals surface area contributed by atoms with E-state index in [2.05, 4.69) is 24.8 Å². The molecule has 10 nitrogen and oxygen atoms in total. The Bertz CT molecular complexity index is 1640. The van der Waals surface area contributed by atoms with Crippen molar-refractivity contribution in [3.05, 3.63) is 84.6 Å². The highest BCUT2D eigenvalue weighted by Crippen LogP contribution is 2.36. The maximum atomic E-state index is 14.5. The third kappa shape index (κ3) is 4.61. The van der Waals surface area contributed by atoms with Crippen LogP contribution < -0.4 is 15.4 Å². The molecule has 198 valence electrons. The Kier molecular flexibility index (Phi) is 6.27. The molecule has 6 rings (SSSR count). The lowest BCUT2D eigenvalue weighted by molar-refractivity contribution is 0.0177. The average molecular weight is 527 g/mol. The molecule has 0 spiro atoms. The first-order valence-electron chi connectivity index (χ1n) is 12.6. The van der Waals surface area contributed by atoms with Crippen LogP contribution in [0, 0.1) is 5.82 Å². The summed E-state index contributed by atoms with van der Waals surface area (Å²) >= 11 is 0. The van der Waals surface area contributed by atoms with Gasteiger partial charge < -0.3 is 25.0 Å². The molecule has 1 unspecified atom stereocenters. The van der Waals surface area contributed by atoms with Crippen LogP contribution in [0.25, 0.3) is 22.4 Å². The Hall–Kier alpha value is -4.64. The quantitative estimate of drug-likeness (QED) is 0.341. The minimum atomic E-state index is -1.10. The van der Waals surface area contributed by atoms with Crippen LogP contribution in [0.3, 0.4) is 0 Å². The van der Waals surface area contributed by atoms with Crippen LogP contribution in [0.15, 0.2) is 67.5 Å². The zero-order chi connectivity index (χ0) is 27.0. The summed E-state index contributed by atoms with van der Waals surface area (Å²) in [5, 5.41) is 11.6. The maximum absolute atomic E-state index is 14.5. The smallest absolute Gasteiger partial charge is 0.165 e. The molecular weight excluding hydrogens is 499 g/mol. The number of hydrogen-bond donors (Lipinski definition) is 2. The van der Waals surface area contributed by atoms with E-state index >= 15 is 0 Å². The van der Waals surface area contributed by atoms with Crippen LogP contribution in [-0.2, 0) is 12.1 Å². The second-order valence-electron chi connectivity index (χ2n) is 9.62. The molecule has 4 aromatic heterocycles. The maximum Gasteiger partial charge on any atom is 0.165 e. The molecule has 5 aromatic rings. The van der Waals surface area contributed by atoms with Gasteiger partial charge in [-0.2, -0.15) is 0 Å². The largest absolute Gasteiger partial charge is 0.494 e. The van der Waals surface area contributed by atoms with Crippen molar-refractivity contribution in [2.75, 3.05) is 30.8 Å². The highest BCUT2D eigenvalue weighted by Gasteiger charge is 2.37. The fraction of sp³-hybridized carbons (Fsp3) is 0.250. The van der Waals surface area contributed by atoms with Crippen LogP contribution >= 0.6 is 0 Å². The number of fused-ring (bicyclic) bond motifs is 1. The Balaban J connectivity index is 1.42. The van der Waals surface area contributed by atoms with Crippen molar-refractivity contribution in [2.45, 2.75) is 25.0 Å². The third-order valence-corrected chi connectivity index (χ3v) is 7.14. The van der Waals surface area contributed by atoms with Crippen molar-refractivity contribution in [1.29, 1.82) is 0 Å². The van der Waals surface area contributed by atoms with E-state index in [4.69, 9.17) is 15.5 Å². The summed E-state index contributed by atoms with van der Waals surface area (Å²) in [5.41, 5.74) is 9.65. The van der Waals surface area contributed by atoms with Gasteiger partial charge in [-0.1, -0.05) is 6.07 Å². The topological polar surface area (TPSA) is 128 Å². The van der Waals surface area contributed by atoms with E-state index in [-0.39, 0.29) is 5.75 Å². The molecule has 1 aromatic carbocycles. The van der Waals surface area contributed by atoms with E-state index in [0.29, 0.717) is 53.4 Å². The molecule has 1 aliphatic heterocycles. The van der Waals surface area contributed by atoms with Crippen molar-refractivity contribution in [1.82, 2.24) is 29.5 Å². The Morgan fingerprint density at radius 1 is 1.10 bits per heavy atom. The van der Waals surface area contributed by atoms with Crippen molar-refractivity contribution in [3.63, 3.8) is 0 Å². The number of hydrogen-bond acceptors (Lipinski definition) is 9. The standard InChI is InChI=1S/C28H27FN8O2/c1-39-23-7-6-18(11-20(23)29)21-12-19(14-37-17-35-25-26(30)33-16-34-27(25)37)22(13-32-21)36-10-4-8-28(38,15-36)24-5-2-3-9-31-24/h2-3,5-7,9,11-13,16-17,38H,4,8,10,14-15H2,1H3,(H2,30,33,34). The van der Waals surface area contributed by atoms with Crippen LogP contribution in [-0.4, -0.2) is 54.8 Å². The van der Waals surface area contributed by atoms with Gasteiger partial charge in [0.05, 0.1) is 49.8 Å². The number of β-amino-alcohol motifs (C(OH)–C–C–N with tert-alkyl or cyclic N) is 1. The van der Waals surface area contributed by atoms with Gasteiger partial charge in [0.1, 0.15) is 17.4 Å². The van der Waals surface area contributed by atoms with E-state index in [1.165, 1.54) is 19.5 Å². The lowest BCUT2D eigenvalue weighted by Gasteiger charge is -2.40. The highest BCUT2D eigenvalue weighted by atomic mass is 19.1. The lowest BCUT2D eigenvalue weighted by Crippen LogP contribution is -2.47. The number of piperidine rings is 1. The number of nitrogens with two attached hydrogens (primary N) is 1. The number of benzene rings is 1. The third-order valence-electron chi connectivity index (χ3n) is 7.14. The number of rotatable bonds is 6. The van der Waals surface area contributed by atoms with Gasteiger partial charge in [0, 0.05) is 18.3 Å². The number of nitrogens with zero attached hydrogens (tertiary/aromatic N) is 7. The van der Waals surface area contributed by atoms with E-state index in [1.807, 2.05) is 28.8 Å². The molecule has 0 amide bonds. The predicted octanol–water partition coefficient (Wildman–Crippen LogP) is 3.55. The summed E-state index contributed by atoms with van der Waals surface area (Å²) in [6.45, 7) is 1.49. The number of aliphatic hydroxyl groups is 1. The molecule has 39 heavy (non-hydrogen) atoms. The van der Waals surface area contributed by atoms with Crippen LogP contribution in [0.2, 0.25) is 0 Å². The summed E-state index contributed by atoms with van der Waals surface area (Å²) < 4.78 is 21.5. The number of nitrogen functional groups attached to an aromatic ring is 1. The van der Waals surface area contributed by atoms with Gasteiger partial charge >= 0.3 is 0 Å². The highest BCUT2D eigenvalue weighted by molar-refractivity contribution is 5.81. The molecule has 1 fully saturated rings. The summed E-state index contributed by atoms with van der Waals surface area (Å²) in [5.74, 6) is 0.00564. The number of ether oxygens (including phenoxy) is 1. The number of halogens is 1. The molecule has 5 heterocycles. The average Bonchev–Trinajstić information content (AvgIpc) is 3.37. The summed E-state index contributed by atoms with van der Waals surface area (Å²) in [6, 6.07) is 12.3. The number of aromatic nitrogens is 6. The first-order chi connectivity index (χ1) is 18.9. The van der Waals surface area contributed by atoms with E-state index in [1.54, 1.807) is 30.9 Å². The van der Waals surface area contributed by atoms with Gasteiger partial charge in [-0.25, -0.2) is 19.3 Å². The van der Waals surface area contributed by atoms with Crippen molar-refractivity contribution < 1.29 is 14.2 Å². The molecule has 1 aliphatic rings. The van der Waals surface area contributed by atoms with Crippen molar-refractivity contribution in [2.24, 2.45) is 0 Å². The molecule has 0 radical (unpaired) electrons. The molecule has 11 heteroatoms. The Morgan fingerprint density at radius 2 is 2.00 bits per heavy atom. The van der Waals surface area contributed by atoms with Gasteiger partial charge in [0.25, 0.3) is 0 Å². The zero-order valence-electron chi connectivity index (χ0n) is 21.3. The van der Waals surface area contributed by atoms with Gasteiger partial charge in [0.15, 0.2) is 23.0 Å². The van der Waals surface area contributed by atoms with E-state index < -0.39 is 11.4 Å². The minimum absolute atomic E-state index is 0.167. The summed E-state index contributed by atoms with van der Waals surface area (Å²) in [7, 11) is 1.43. The second-order valence-corrected chi connectivity index (χ2v) is 9.62.